The number of aryl methyl sites for hydroxylation is 1. The fourth-order valence-corrected chi connectivity index (χ4v) is 4.91. The normalized spacial score (nSPS) is 15.8. The van der Waals surface area contributed by atoms with Gasteiger partial charge < -0.3 is 24.7 Å². The number of carbonyl (C=O) groups is 1. The fourth-order valence-electron chi connectivity index (χ4n) is 3.41. The van der Waals surface area contributed by atoms with Crippen molar-refractivity contribution in [3.05, 3.63) is 42.2 Å². The van der Waals surface area contributed by atoms with Crippen LogP contribution in [0.1, 0.15) is 16.9 Å². The predicted molar refractivity (Wildman–Crippen MR) is 112 cm³/mol. The van der Waals surface area contributed by atoms with Crippen molar-refractivity contribution in [1.29, 1.82) is 0 Å². The number of piperazine rings is 1. The average molecular weight is 437 g/mol. The lowest BCUT2D eigenvalue weighted by molar-refractivity contribution is 0.0992. The zero-order valence-corrected chi connectivity index (χ0v) is 18.1. The van der Waals surface area contributed by atoms with Crippen LogP contribution < -0.4 is 15.2 Å². The van der Waals surface area contributed by atoms with E-state index in [9.17, 15) is 13.2 Å². The Morgan fingerprint density at radius 1 is 1.10 bits per heavy atom. The highest BCUT2D eigenvalue weighted by Crippen LogP contribution is 2.20. The monoisotopic (exact) mass is 436 g/mol. The number of sulfonamides is 1. The summed E-state index contributed by atoms with van der Waals surface area (Å²) >= 11 is 0. The quantitative estimate of drug-likeness (QED) is 0.586. The van der Waals surface area contributed by atoms with Gasteiger partial charge in [0.2, 0.25) is 10.0 Å². The number of carbonyl (C=O) groups excluding carboxylic acids is 1. The summed E-state index contributed by atoms with van der Waals surface area (Å²) in [5, 5.41) is 0. The van der Waals surface area contributed by atoms with Gasteiger partial charge >= 0.3 is 0 Å². The first-order chi connectivity index (χ1) is 14.3. The standard InChI is InChI=1S/C20H28N4O5S/c1-22-15-18(14-19(22)20(21)25)30(26,27)24-11-9-23(10-12-24)8-3-13-29-17-6-4-16(28-2)5-7-17/h4-7,14-15H,3,8-13H2,1-2H3,(H2,21,25). The maximum atomic E-state index is 12.9. The summed E-state index contributed by atoms with van der Waals surface area (Å²) in [6, 6.07) is 8.79. The smallest absolute Gasteiger partial charge is 0.265 e. The third-order valence-corrected chi connectivity index (χ3v) is 7.01. The Kier molecular flexibility index (Phi) is 7.01. The third kappa shape index (κ3) is 5.13. The molecular weight excluding hydrogens is 408 g/mol. The van der Waals surface area contributed by atoms with Crippen molar-refractivity contribution in [2.75, 3.05) is 46.4 Å². The molecule has 3 rings (SSSR count). The van der Waals surface area contributed by atoms with Crippen LogP contribution in [0.2, 0.25) is 0 Å². The number of primary amides is 1. The van der Waals surface area contributed by atoms with Crippen LogP contribution in [0.3, 0.4) is 0 Å². The van der Waals surface area contributed by atoms with Gasteiger partial charge in [-0.1, -0.05) is 0 Å². The van der Waals surface area contributed by atoms with Gasteiger partial charge in [0.25, 0.3) is 5.91 Å². The molecule has 1 amide bonds. The van der Waals surface area contributed by atoms with Crippen molar-refractivity contribution >= 4 is 15.9 Å². The van der Waals surface area contributed by atoms with Gasteiger partial charge in [0.15, 0.2) is 0 Å². The minimum absolute atomic E-state index is 0.0974. The first-order valence-electron chi connectivity index (χ1n) is 9.77. The maximum Gasteiger partial charge on any atom is 0.265 e. The van der Waals surface area contributed by atoms with E-state index in [4.69, 9.17) is 15.2 Å². The summed E-state index contributed by atoms with van der Waals surface area (Å²) in [6.07, 6.45) is 2.28. The Balaban J connectivity index is 1.45. The molecule has 0 spiro atoms. The van der Waals surface area contributed by atoms with E-state index in [2.05, 4.69) is 4.90 Å². The second-order valence-corrected chi connectivity index (χ2v) is 9.10. The highest BCUT2D eigenvalue weighted by atomic mass is 32.2. The Morgan fingerprint density at radius 3 is 2.30 bits per heavy atom. The summed E-state index contributed by atoms with van der Waals surface area (Å²) in [6.45, 7) is 3.53. The molecule has 1 saturated heterocycles. The van der Waals surface area contributed by atoms with Crippen LogP contribution in [0.15, 0.2) is 41.4 Å². The summed E-state index contributed by atoms with van der Waals surface area (Å²) in [5.41, 5.74) is 5.46. The van der Waals surface area contributed by atoms with Gasteiger partial charge in [0.1, 0.15) is 22.1 Å². The zero-order chi connectivity index (χ0) is 21.7. The SMILES string of the molecule is COc1ccc(OCCCN2CCN(S(=O)(=O)c3cc(C(N)=O)n(C)c3)CC2)cc1. The van der Waals surface area contributed by atoms with E-state index in [1.807, 2.05) is 24.3 Å². The Morgan fingerprint density at radius 2 is 1.73 bits per heavy atom. The molecule has 0 radical (unpaired) electrons. The molecule has 0 unspecified atom stereocenters. The van der Waals surface area contributed by atoms with Crippen molar-refractivity contribution in [2.45, 2.75) is 11.3 Å². The molecule has 1 fully saturated rings. The van der Waals surface area contributed by atoms with Gasteiger partial charge in [-0.2, -0.15) is 4.31 Å². The molecular formula is C20H28N4O5S. The van der Waals surface area contributed by atoms with Gasteiger partial charge in [-0.05, 0) is 36.8 Å². The minimum Gasteiger partial charge on any atom is -0.497 e. The van der Waals surface area contributed by atoms with Crippen LogP contribution in [0.25, 0.3) is 0 Å². The van der Waals surface area contributed by atoms with E-state index >= 15 is 0 Å². The van der Waals surface area contributed by atoms with Crippen LogP contribution >= 0.6 is 0 Å². The van der Waals surface area contributed by atoms with Crippen molar-refractivity contribution < 1.29 is 22.7 Å². The molecule has 2 aromatic rings. The van der Waals surface area contributed by atoms with E-state index in [1.54, 1.807) is 14.2 Å². The van der Waals surface area contributed by atoms with E-state index < -0.39 is 15.9 Å². The van der Waals surface area contributed by atoms with Crippen LogP contribution in [-0.4, -0.2) is 74.5 Å². The average Bonchev–Trinajstić information content (AvgIpc) is 3.15. The van der Waals surface area contributed by atoms with E-state index in [0.717, 1.165) is 24.5 Å². The van der Waals surface area contributed by atoms with E-state index in [0.29, 0.717) is 32.8 Å². The highest BCUT2D eigenvalue weighted by molar-refractivity contribution is 7.89. The Hall–Kier alpha value is -2.56. The molecule has 0 bridgehead atoms. The second kappa shape index (κ2) is 9.50. The third-order valence-electron chi connectivity index (χ3n) is 5.15. The number of aromatic nitrogens is 1. The zero-order valence-electron chi connectivity index (χ0n) is 17.3. The predicted octanol–water partition coefficient (Wildman–Crippen LogP) is 0.908. The van der Waals surface area contributed by atoms with Crippen molar-refractivity contribution in [3.8, 4) is 11.5 Å². The number of methoxy groups -OCH3 is 1. The molecule has 30 heavy (non-hydrogen) atoms. The summed E-state index contributed by atoms with van der Waals surface area (Å²) < 4.78 is 39.5. The Bertz CT molecular complexity index is 964. The molecule has 2 heterocycles. The number of hydrogen-bond acceptors (Lipinski definition) is 6. The van der Waals surface area contributed by atoms with Gasteiger partial charge in [0, 0.05) is 46.0 Å². The molecule has 0 atom stereocenters. The van der Waals surface area contributed by atoms with E-state index in [1.165, 1.54) is 21.1 Å². The molecule has 1 aromatic heterocycles. The second-order valence-electron chi connectivity index (χ2n) is 7.16. The lowest BCUT2D eigenvalue weighted by Crippen LogP contribution is -2.48. The fraction of sp³-hybridized carbons (Fsp3) is 0.450. The number of amides is 1. The molecule has 1 aromatic carbocycles. The summed E-state index contributed by atoms with van der Waals surface area (Å²) in [4.78, 5) is 13.7. The molecule has 2 N–H and O–H groups in total. The van der Waals surface area contributed by atoms with Crippen molar-refractivity contribution in [1.82, 2.24) is 13.8 Å². The van der Waals surface area contributed by atoms with Crippen LogP contribution in [0.4, 0.5) is 0 Å². The van der Waals surface area contributed by atoms with Gasteiger partial charge in [-0.3, -0.25) is 4.79 Å². The summed E-state index contributed by atoms with van der Waals surface area (Å²) in [7, 11) is -0.418. The lowest BCUT2D eigenvalue weighted by Gasteiger charge is -2.33. The first kappa shape index (κ1) is 22.1. The van der Waals surface area contributed by atoms with Gasteiger partial charge in [-0.25, -0.2) is 8.42 Å². The molecule has 1 aliphatic heterocycles. The summed E-state index contributed by atoms with van der Waals surface area (Å²) in [5.74, 6) is 0.932. The molecule has 0 aliphatic carbocycles. The van der Waals surface area contributed by atoms with Gasteiger partial charge in [0.05, 0.1) is 13.7 Å². The van der Waals surface area contributed by atoms with Crippen LogP contribution in [0, 0.1) is 0 Å². The van der Waals surface area contributed by atoms with Crippen LogP contribution in [0.5, 0.6) is 11.5 Å². The maximum absolute atomic E-state index is 12.9. The van der Waals surface area contributed by atoms with Crippen molar-refractivity contribution in [2.24, 2.45) is 12.8 Å². The number of benzene rings is 1. The van der Waals surface area contributed by atoms with E-state index in [-0.39, 0.29) is 10.6 Å². The number of nitrogens with two attached hydrogens (primary N) is 1. The van der Waals surface area contributed by atoms with Gasteiger partial charge in [-0.15, -0.1) is 0 Å². The Labute approximate surface area is 177 Å². The molecule has 0 saturated carbocycles. The molecule has 164 valence electrons. The number of rotatable bonds is 9. The molecule has 9 nitrogen and oxygen atoms in total. The number of hydrogen-bond donors (Lipinski definition) is 1. The first-order valence-corrected chi connectivity index (χ1v) is 11.2. The molecule has 1 aliphatic rings. The molecule has 10 heteroatoms. The van der Waals surface area contributed by atoms with Crippen molar-refractivity contribution in [3.63, 3.8) is 0 Å². The number of nitrogens with zero attached hydrogens (tertiary/aromatic N) is 3. The number of ether oxygens (including phenoxy) is 2. The largest absolute Gasteiger partial charge is 0.497 e. The van der Waals surface area contributed by atoms with Crippen LogP contribution in [-0.2, 0) is 17.1 Å². The minimum atomic E-state index is -3.64. The highest BCUT2D eigenvalue weighted by Gasteiger charge is 2.30. The topological polar surface area (TPSA) is 107 Å². The lowest BCUT2D eigenvalue weighted by atomic mass is 10.3.